The van der Waals surface area contributed by atoms with Crippen molar-refractivity contribution < 1.29 is 54.6 Å². The predicted molar refractivity (Wildman–Crippen MR) is 149 cm³/mol. The summed E-state index contributed by atoms with van der Waals surface area (Å²) >= 11 is 0. The zero-order valence-corrected chi connectivity index (χ0v) is 23.0. The molecule has 44 heavy (non-hydrogen) atoms. The summed E-state index contributed by atoms with van der Waals surface area (Å²) < 4.78 is 4.70. The molecule has 2 aliphatic heterocycles. The SMILES string of the molecule is NC1NC(=O)c2nc(CNc3ccc(C(=O)N[C@@H](CCC(=O)O)C(=O)O)cc3)cnc2N1.N[C@@H]1[C@@H](O)[C@@H](O)[C@@H](CO)O[C@@H]1O. The van der Waals surface area contributed by atoms with Crippen LogP contribution in [0.25, 0.3) is 0 Å². The number of ether oxygens (including phenoxy) is 1. The number of nitrogens with one attached hydrogen (secondary N) is 4. The highest BCUT2D eigenvalue weighted by atomic mass is 16.6. The first-order valence-electron chi connectivity index (χ1n) is 13.1. The number of carbonyl (C=O) groups excluding carboxylic acids is 2. The number of fused-ring (bicyclic) bond motifs is 1. The van der Waals surface area contributed by atoms with E-state index in [1.54, 1.807) is 12.1 Å². The van der Waals surface area contributed by atoms with Crippen LogP contribution in [-0.2, 0) is 20.9 Å². The van der Waals surface area contributed by atoms with Crippen LogP contribution in [0.2, 0.25) is 0 Å². The number of carboxylic acids is 2. The second-order valence-electron chi connectivity index (χ2n) is 9.69. The third-order valence-corrected chi connectivity index (χ3v) is 6.44. The van der Waals surface area contributed by atoms with Gasteiger partial charge in [0.2, 0.25) is 0 Å². The highest BCUT2D eigenvalue weighted by molar-refractivity contribution is 5.98. The summed E-state index contributed by atoms with van der Waals surface area (Å²) in [5, 5.41) is 64.6. The lowest BCUT2D eigenvalue weighted by Gasteiger charge is -2.38. The van der Waals surface area contributed by atoms with Gasteiger partial charge in [0.25, 0.3) is 11.8 Å². The van der Waals surface area contributed by atoms with E-state index in [0.717, 1.165) is 0 Å². The van der Waals surface area contributed by atoms with Crippen molar-refractivity contribution in [2.45, 2.75) is 62.4 Å². The molecule has 1 fully saturated rings. The molecule has 2 aromatic rings. The van der Waals surface area contributed by atoms with E-state index in [2.05, 4.69) is 31.2 Å². The maximum absolute atomic E-state index is 12.3. The van der Waals surface area contributed by atoms with E-state index in [0.29, 0.717) is 17.2 Å². The van der Waals surface area contributed by atoms with Gasteiger partial charge in [-0.25, -0.2) is 14.8 Å². The van der Waals surface area contributed by atoms with Gasteiger partial charge >= 0.3 is 11.9 Å². The van der Waals surface area contributed by atoms with Gasteiger partial charge in [-0.15, -0.1) is 0 Å². The lowest BCUT2D eigenvalue weighted by atomic mass is 9.98. The number of amides is 2. The van der Waals surface area contributed by atoms with Gasteiger partial charge in [-0.3, -0.25) is 20.1 Å². The second kappa shape index (κ2) is 15.3. The van der Waals surface area contributed by atoms with Crippen LogP contribution in [0.3, 0.4) is 0 Å². The summed E-state index contributed by atoms with van der Waals surface area (Å²) in [5.74, 6) is -3.23. The molecule has 1 aromatic heterocycles. The number of aliphatic hydroxyl groups is 4. The lowest BCUT2D eigenvalue weighted by Crippen LogP contribution is -2.61. The predicted octanol–water partition coefficient (Wildman–Crippen LogP) is -3.72. The van der Waals surface area contributed by atoms with Gasteiger partial charge in [0.1, 0.15) is 24.4 Å². The van der Waals surface area contributed by atoms with Gasteiger partial charge in [-0.05, 0) is 30.7 Å². The minimum absolute atomic E-state index is 0.133. The summed E-state index contributed by atoms with van der Waals surface area (Å²) in [6, 6.07) is 3.86. The molecule has 240 valence electrons. The Morgan fingerprint density at radius 3 is 2.34 bits per heavy atom. The number of nitrogens with zero attached hydrogens (tertiary/aromatic N) is 2. The molecule has 14 N–H and O–H groups in total. The highest BCUT2D eigenvalue weighted by Gasteiger charge is 2.41. The summed E-state index contributed by atoms with van der Waals surface area (Å²) in [4.78, 5) is 54.5. The third-order valence-electron chi connectivity index (χ3n) is 6.44. The molecule has 0 aliphatic carbocycles. The van der Waals surface area contributed by atoms with Crippen molar-refractivity contribution in [1.29, 1.82) is 0 Å². The molecule has 1 aromatic carbocycles. The highest BCUT2D eigenvalue weighted by Crippen LogP contribution is 2.18. The molecule has 4 rings (SSSR count). The van der Waals surface area contributed by atoms with Crippen LogP contribution in [0.15, 0.2) is 30.5 Å². The molecular formula is C25H34N8O11. The van der Waals surface area contributed by atoms with Crippen molar-refractivity contribution in [2.24, 2.45) is 11.5 Å². The Bertz CT molecular complexity index is 1330. The Kier molecular flexibility index (Phi) is 11.8. The Labute approximate surface area is 249 Å². The maximum Gasteiger partial charge on any atom is 0.326 e. The first-order chi connectivity index (χ1) is 20.8. The van der Waals surface area contributed by atoms with E-state index in [-0.39, 0.29) is 30.6 Å². The molecule has 19 nitrogen and oxygen atoms in total. The largest absolute Gasteiger partial charge is 0.481 e. The molecule has 2 amide bonds. The van der Waals surface area contributed by atoms with Gasteiger partial charge in [0.05, 0.1) is 31.1 Å². The summed E-state index contributed by atoms with van der Waals surface area (Å²) in [5.41, 5.74) is 12.4. The van der Waals surface area contributed by atoms with Crippen LogP contribution in [0, 0.1) is 0 Å². The Morgan fingerprint density at radius 1 is 1.05 bits per heavy atom. The minimum Gasteiger partial charge on any atom is -0.481 e. The first kappa shape index (κ1) is 34.0. The molecule has 7 atom stereocenters. The normalized spacial score (nSPS) is 24.7. The topological polar surface area (TPSA) is 325 Å². The van der Waals surface area contributed by atoms with Gasteiger partial charge < -0.3 is 62.4 Å². The standard InChI is InChI=1S/C19H21N7O6.C6H13NO5/c20-19-25-15-14(17(30)26-19)23-11(8-22-15)7-21-10-3-1-9(2-4-10)16(29)24-12(18(31)32)5-6-13(27)28;7-3-5(10)4(9)2(1-8)12-6(3)11/h1-4,8,12,19,21H,5-7,20H2,(H,22,25)(H,24,29)(H,26,30)(H,27,28)(H,31,32);2-6,8-11H,1,7H2/t12-,19?;2-,3-,4+,5-,6+/m01/s1. The summed E-state index contributed by atoms with van der Waals surface area (Å²) in [6.45, 7) is -0.219. The quantitative estimate of drug-likeness (QED) is 0.121. The van der Waals surface area contributed by atoms with Gasteiger partial charge in [-0.1, -0.05) is 0 Å². The van der Waals surface area contributed by atoms with E-state index >= 15 is 0 Å². The van der Waals surface area contributed by atoms with Crippen molar-refractivity contribution in [3.63, 3.8) is 0 Å². The molecule has 0 saturated carbocycles. The second-order valence-corrected chi connectivity index (χ2v) is 9.69. The van der Waals surface area contributed by atoms with E-state index < -0.39 is 73.3 Å². The van der Waals surface area contributed by atoms with E-state index in [1.807, 2.05) is 0 Å². The molecule has 0 bridgehead atoms. The van der Waals surface area contributed by atoms with Crippen molar-refractivity contribution in [3.05, 3.63) is 47.4 Å². The fourth-order valence-corrected chi connectivity index (χ4v) is 3.98. The number of aliphatic hydroxyl groups excluding tert-OH is 4. The average molecular weight is 623 g/mol. The van der Waals surface area contributed by atoms with Crippen LogP contribution in [-0.4, -0.2) is 114 Å². The number of benzene rings is 1. The monoisotopic (exact) mass is 622 g/mol. The van der Waals surface area contributed by atoms with Crippen LogP contribution < -0.4 is 32.7 Å². The van der Waals surface area contributed by atoms with Crippen molar-refractivity contribution in [2.75, 3.05) is 17.2 Å². The maximum atomic E-state index is 12.3. The molecular weight excluding hydrogens is 588 g/mol. The number of aliphatic carboxylic acids is 2. The molecule has 1 saturated heterocycles. The Morgan fingerprint density at radius 2 is 1.73 bits per heavy atom. The first-order valence-corrected chi connectivity index (χ1v) is 13.1. The van der Waals surface area contributed by atoms with Gasteiger partial charge in [-0.2, -0.15) is 0 Å². The third kappa shape index (κ3) is 9.00. The molecule has 0 spiro atoms. The number of carboxylic acid groups (broad SMARTS) is 2. The van der Waals surface area contributed by atoms with Crippen molar-refractivity contribution in [1.82, 2.24) is 20.6 Å². The van der Waals surface area contributed by atoms with E-state index in [9.17, 15) is 29.4 Å². The van der Waals surface area contributed by atoms with Gasteiger partial charge in [0, 0.05) is 17.7 Å². The summed E-state index contributed by atoms with van der Waals surface area (Å²) in [7, 11) is 0. The minimum atomic E-state index is -1.35. The zero-order chi connectivity index (χ0) is 32.6. The van der Waals surface area contributed by atoms with E-state index in [1.165, 1.54) is 18.3 Å². The molecule has 1 unspecified atom stereocenters. The molecule has 2 aliphatic rings. The Balaban J connectivity index is 0.000000369. The summed E-state index contributed by atoms with van der Waals surface area (Å²) in [6.07, 6.45) is -4.69. The molecule has 3 heterocycles. The number of rotatable bonds is 10. The smallest absolute Gasteiger partial charge is 0.326 e. The fraction of sp³-hybridized carbons (Fsp3) is 0.440. The number of carbonyl (C=O) groups is 4. The van der Waals surface area contributed by atoms with Gasteiger partial charge in [0.15, 0.2) is 24.1 Å². The van der Waals surface area contributed by atoms with Crippen molar-refractivity contribution in [3.8, 4) is 0 Å². The zero-order valence-electron chi connectivity index (χ0n) is 23.0. The number of aromatic nitrogens is 2. The Hall–Kier alpha value is -4.50. The lowest BCUT2D eigenvalue weighted by molar-refractivity contribution is -0.248. The fourth-order valence-electron chi connectivity index (χ4n) is 3.98. The number of hydrogen-bond donors (Lipinski definition) is 12. The molecule has 19 heteroatoms. The number of anilines is 2. The van der Waals surface area contributed by atoms with Crippen LogP contribution in [0.5, 0.6) is 0 Å². The van der Waals surface area contributed by atoms with Crippen LogP contribution in [0.4, 0.5) is 11.5 Å². The van der Waals surface area contributed by atoms with Crippen LogP contribution in [0.1, 0.15) is 39.4 Å². The number of hydrogen-bond acceptors (Lipinski definition) is 15. The number of nitrogens with two attached hydrogens (primary N) is 2. The van der Waals surface area contributed by atoms with E-state index in [4.69, 9.17) is 36.6 Å². The van der Waals surface area contributed by atoms with Crippen LogP contribution >= 0.6 is 0 Å². The molecule has 0 radical (unpaired) electrons. The van der Waals surface area contributed by atoms with Crippen molar-refractivity contribution >= 4 is 35.3 Å². The average Bonchev–Trinajstić information content (AvgIpc) is 2.99.